The average molecular weight is 318 g/mol. The van der Waals surface area contributed by atoms with Crippen molar-refractivity contribution in [1.29, 1.82) is 0 Å². The van der Waals surface area contributed by atoms with Crippen LogP contribution in [0.1, 0.15) is 18.1 Å². The van der Waals surface area contributed by atoms with Gasteiger partial charge in [-0.3, -0.25) is 4.79 Å². The fraction of sp³-hybridized carbons (Fsp3) is 0.278. The molecule has 0 radical (unpaired) electrons. The summed E-state index contributed by atoms with van der Waals surface area (Å²) in [6.07, 6.45) is 0.698. The molecule has 1 atom stereocenters. The van der Waals surface area contributed by atoms with Crippen LogP contribution in [0.15, 0.2) is 48.5 Å². The minimum absolute atomic E-state index is 0. The third kappa shape index (κ3) is 3.49. The zero-order valence-electron chi connectivity index (χ0n) is 12.5. The smallest absolute Gasteiger partial charge is 0.323 e. The lowest BCUT2D eigenvalue weighted by atomic mass is 9.92. The molecule has 2 aromatic rings. The predicted octanol–water partition coefficient (Wildman–Crippen LogP) is 3.35. The zero-order chi connectivity index (χ0) is 14.7. The number of esters is 1. The highest BCUT2D eigenvalue weighted by atomic mass is 35.5. The standard InChI is InChI=1S/C18H19NO2.ClH/c1-2-21-18(20)17-11-15-9-8-14(10-16(15)12-19-17)13-6-4-3-5-7-13;/h3-10,17,19H,2,11-12H2,1H3;1H. The lowest BCUT2D eigenvalue weighted by Crippen LogP contribution is -2.42. The van der Waals surface area contributed by atoms with Crippen LogP contribution in [0.25, 0.3) is 11.1 Å². The summed E-state index contributed by atoms with van der Waals surface area (Å²) in [5.41, 5.74) is 4.92. The first-order valence-corrected chi connectivity index (χ1v) is 7.35. The van der Waals surface area contributed by atoms with Crippen molar-refractivity contribution in [2.75, 3.05) is 6.61 Å². The van der Waals surface area contributed by atoms with Gasteiger partial charge in [0.1, 0.15) is 6.04 Å². The highest BCUT2D eigenvalue weighted by Crippen LogP contribution is 2.25. The summed E-state index contributed by atoms with van der Waals surface area (Å²) in [5.74, 6) is -0.157. The van der Waals surface area contributed by atoms with Gasteiger partial charge in [-0.25, -0.2) is 0 Å². The molecule has 1 heterocycles. The number of carbonyl (C=O) groups excluding carboxylic acids is 1. The SMILES string of the molecule is CCOC(=O)C1Cc2ccc(-c3ccccc3)cc2CN1.Cl. The lowest BCUT2D eigenvalue weighted by molar-refractivity contribution is -0.145. The Kier molecular flexibility index (Phi) is 5.58. The molecule has 1 aliphatic rings. The highest BCUT2D eigenvalue weighted by molar-refractivity contribution is 5.85. The van der Waals surface area contributed by atoms with E-state index in [4.69, 9.17) is 4.74 Å². The summed E-state index contributed by atoms with van der Waals surface area (Å²) in [4.78, 5) is 11.8. The van der Waals surface area contributed by atoms with Crippen molar-refractivity contribution in [3.8, 4) is 11.1 Å². The molecule has 0 saturated heterocycles. The largest absolute Gasteiger partial charge is 0.465 e. The summed E-state index contributed by atoms with van der Waals surface area (Å²) in [6, 6.07) is 16.6. The van der Waals surface area contributed by atoms with Gasteiger partial charge in [-0.05, 0) is 41.7 Å². The van der Waals surface area contributed by atoms with E-state index in [0.29, 0.717) is 19.6 Å². The minimum Gasteiger partial charge on any atom is -0.465 e. The maximum absolute atomic E-state index is 11.8. The second kappa shape index (κ2) is 7.43. The van der Waals surface area contributed by atoms with E-state index in [1.165, 1.54) is 22.3 Å². The van der Waals surface area contributed by atoms with E-state index < -0.39 is 0 Å². The molecule has 0 aromatic heterocycles. The second-order valence-corrected chi connectivity index (χ2v) is 5.24. The Morgan fingerprint density at radius 2 is 1.91 bits per heavy atom. The van der Waals surface area contributed by atoms with E-state index in [1.807, 2.05) is 25.1 Å². The molecule has 1 unspecified atom stereocenters. The second-order valence-electron chi connectivity index (χ2n) is 5.24. The lowest BCUT2D eigenvalue weighted by Gasteiger charge is -2.25. The zero-order valence-corrected chi connectivity index (χ0v) is 13.4. The van der Waals surface area contributed by atoms with Crippen LogP contribution in [0, 0.1) is 0 Å². The van der Waals surface area contributed by atoms with Gasteiger partial charge in [-0.15, -0.1) is 12.4 Å². The highest BCUT2D eigenvalue weighted by Gasteiger charge is 2.25. The van der Waals surface area contributed by atoms with Gasteiger partial charge in [0, 0.05) is 6.54 Å². The molecule has 0 bridgehead atoms. The minimum atomic E-state index is -0.222. The van der Waals surface area contributed by atoms with Crippen LogP contribution in [0.3, 0.4) is 0 Å². The average Bonchev–Trinajstić information content (AvgIpc) is 2.55. The molecule has 0 amide bonds. The predicted molar refractivity (Wildman–Crippen MR) is 90.1 cm³/mol. The van der Waals surface area contributed by atoms with E-state index in [-0.39, 0.29) is 24.4 Å². The maximum Gasteiger partial charge on any atom is 0.323 e. The van der Waals surface area contributed by atoms with Crippen molar-refractivity contribution in [1.82, 2.24) is 5.32 Å². The molecular formula is C18H20ClNO2. The maximum atomic E-state index is 11.8. The first-order chi connectivity index (χ1) is 10.3. The molecule has 3 rings (SSSR count). The van der Waals surface area contributed by atoms with Crippen LogP contribution in [-0.4, -0.2) is 18.6 Å². The van der Waals surface area contributed by atoms with E-state index in [9.17, 15) is 4.79 Å². The number of carbonyl (C=O) groups is 1. The van der Waals surface area contributed by atoms with Crippen molar-refractivity contribution in [3.05, 3.63) is 59.7 Å². The number of hydrogen-bond acceptors (Lipinski definition) is 3. The number of halogens is 1. The number of hydrogen-bond donors (Lipinski definition) is 1. The first kappa shape index (κ1) is 16.5. The molecule has 0 spiro atoms. The monoisotopic (exact) mass is 317 g/mol. The van der Waals surface area contributed by atoms with Gasteiger partial charge in [-0.1, -0.05) is 42.5 Å². The Morgan fingerprint density at radius 3 is 2.64 bits per heavy atom. The summed E-state index contributed by atoms with van der Waals surface area (Å²) in [5, 5.41) is 3.26. The van der Waals surface area contributed by atoms with Crippen molar-refractivity contribution < 1.29 is 9.53 Å². The summed E-state index contributed by atoms with van der Waals surface area (Å²) in [6.45, 7) is 2.97. The van der Waals surface area contributed by atoms with Crippen LogP contribution in [-0.2, 0) is 22.5 Å². The van der Waals surface area contributed by atoms with E-state index in [1.54, 1.807) is 0 Å². The topological polar surface area (TPSA) is 38.3 Å². The molecule has 22 heavy (non-hydrogen) atoms. The van der Waals surface area contributed by atoms with Crippen LogP contribution >= 0.6 is 12.4 Å². The quantitative estimate of drug-likeness (QED) is 0.882. The molecule has 0 aliphatic carbocycles. The molecule has 4 heteroatoms. The summed E-state index contributed by atoms with van der Waals surface area (Å²) >= 11 is 0. The Morgan fingerprint density at radius 1 is 1.14 bits per heavy atom. The van der Waals surface area contributed by atoms with Crippen molar-refractivity contribution in [2.24, 2.45) is 0 Å². The van der Waals surface area contributed by atoms with Crippen molar-refractivity contribution in [2.45, 2.75) is 25.9 Å². The van der Waals surface area contributed by atoms with Gasteiger partial charge in [-0.2, -0.15) is 0 Å². The van der Waals surface area contributed by atoms with Gasteiger partial charge >= 0.3 is 5.97 Å². The third-order valence-corrected chi connectivity index (χ3v) is 3.85. The summed E-state index contributed by atoms with van der Waals surface area (Å²) < 4.78 is 5.09. The Balaban J connectivity index is 0.00000176. The number of rotatable bonds is 3. The van der Waals surface area contributed by atoms with Gasteiger partial charge in [0.15, 0.2) is 0 Å². The first-order valence-electron chi connectivity index (χ1n) is 7.35. The van der Waals surface area contributed by atoms with Gasteiger partial charge in [0.05, 0.1) is 6.61 Å². The fourth-order valence-corrected chi connectivity index (χ4v) is 2.73. The molecular weight excluding hydrogens is 298 g/mol. The summed E-state index contributed by atoms with van der Waals surface area (Å²) in [7, 11) is 0. The van der Waals surface area contributed by atoms with Crippen LogP contribution in [0.2, 0.25) is 0 Å². The van der Waals surface area contributed by atoms with Crippen LogP contribution < -0.4 is 5.32 Å². The van der Waals surface area contributed by atoms with Gasteiger partial charge in [0.25, 0.3) is 0 Å². The van der Waals surface area contributed by atoms with E-state index in [2.05, 4.69) is 35.6 Å². The van der Waals surface area contributed by atoms with E-state index >= 15 is 0 Å². The van der Waals surface area contributed by atoms with Gasteiger partial charge in [0.2, 0.25) is 0 Å². The van der Waals surface area contributed by atoms with E-state index in [0.717, 1.165) is 0 Å². The molecule has 116 valence electrons. The molecule has 0 saturated carbocycles. The Bertz CT molecular complexity index is 643. The molecule has 1 N–H and O–H groups in total. The fourth-order valence-electron chi connectivity index (χ4n) is 2.73. The van der Waals surface area contributed by atoms with Gasteiger partial charge < -0.3 is 10.1 Å². The Hall–Kier alpha value is -1.84. The van der Waals surface area contributed by atoms with Crippen molar-refractivity contribution in [3.63, 3.8) is 0 Å². The molecule has 0 fully saturated rings. The number of nitrogens with one attached hydrogen (secondary N) is 1. The number of ether oxygens (including phenoxy) is 1. The molecule has 1 aliphatic heterocycles. The normalized spacial score (nSPS) is 16.3. The molecule has 2 aromatic carbocycles. The van der Waals surface area contributed by atoms with Crippen LogP contribution in [0.4, 0.5) is 0 Å². The molecule has 3 nitrogen and oxygen atoms in total. The number of fused-ring (bicyclic) bond motifs is 1. The number of benzene rings is 2. The third-order valence-electron chi connectivity index (χ3n) is 3.85. The Labute approximate surface area is 137 Å². The van der Waals surface area contributed by atoms with Crippen molar-refractivity contribution >= 4 is 18.4 Å². The van der Waals surface area contributed by atoms with Crippen LogP contribution in [0.5, 0.6) is 0 Å².